The molecule has 0 bridgehead atoms. The first-order valence-electron chi connectivity index (χ1n) is 9.24. The molecule has 0 spiro atoms. The third-order valence-electron chi connectivity index (χ3n) is 4.92. The molecular weight excluding hydrogens is 404 g/mol. The molecule has 0 radical (unpaired) electrons. The largest absolute Gasteiger partial charge is 0.355 e. The molecule has 1 N–H and O–H groups in total. The number of anilines is 1. The summed E-state index contributed by atoms with van der Waals surface area (Å²) in [6, 6.07) is 10.2. The number of aromatic nitrogens is 2. The van der Waals surface area contributed by atoms with Gasteiger partial charge in [0, 0.05) is 62.1 Å². The first kappa shape index (κ1) is 19.6. The zero-order chi connectivity index (χ0) is 19.3. The zero-order valence-corrected chi connectivity index (χ0v) is 17.8. The quantitative estimate of drug-likeness (QED) is 0.596. The zero-order valence-electron chi connectivity index (χ0n) is 16.2. The standard InChI is InChI=1S/C20H27BrN6/c1-20(2,16-7-4-5-8-17(16)21)15-25-18(22-3)26-11-13-27(14-12-26)19-23-9-6-10-24-19/h4-10H,11-15H2,1-3H3,(H,22,25). The van der Waals surface area contributed by atoms with Gasteiger partial charge in [-0.05, 0) is 17.7 Å². The van der Waals surface area contributed by atoms with E-state index in [1.807, 2.05) is 19.2 Å². The number of halogens is 1. The monoisotopic (exact) mass is 430 g/mol. The van der Waals surface area contributed by atoms with Crippen LogP contribution < -0.4 is 10.2 Å². The van der Waals surface area contributed by atoms with Crippen LogP contribution in [-0.2, 0) is 5.41 Å². The fourth-order valence-electron chi connectivity index (χ4n) is 3.31. The van der Waals surface area contributed by atoms with Gasteiger partial charge in [-0.1, -0.05) is 48.0 Å². The highest BCUT2D eigenvalue weighted by molar-refractivity contribution is 9.10. The lowest BCUT2D eigenvalue weighted by Crippen LogP contribution is -2.54. The fraction of sp³-hybridized carbons (Fsp3) is 0.450. The molecule has 1 fully saturated rings. The number of piperazine rings is 1. The Hall–Kier alpha value is -2.15. The molecule has 144 valence electrons. The number of nitrogens with one attached hydrogen (secondary N) is 1. The smallest absolute Gasteiger partial charge is 0.225 e. The first-order chi connectivity index (χ1) is 13.0. The number of hydrogen-bond acceptors (Lipinski definition) is 4. The van der Waals surface area contributed by atoms with Crippen LogP contribution in [0.1, 0.15) is 19.4 Å². The van der Waals surface area contributed by atoms with E-state index in [9.17, 15) is 0 Å². The molecule has 0 unspecified atom stereocenters. The van der Waals surface area contributed by atoms with Gasteiger partial charge in [-0.3, -0.25) is 4.99 Å². The summed E-state index contributed by atoms with van der Waals surface area (Å²) >= 11 is 3.68. The summed E-state index contributed by atoms with van der Waals surface area (Å²) in [6.07, 6.45) is 3.58. The van der Waals surface area contributed by atoms with E-state index in [1.54, 1.807) is 12.4 Å². The lowest BCUT2D eigenvalue weighted by atomic mass is 9.84. The van der Waals surface area contributed by atoms with Crippen LogP contribution in [0, 0.1) is 0 Å². The SMILES string of the molecule is CN=C(NCC(C)(C)c1ccccc1Br)N1CCN(c2ncccn2)CC1. The number of benzene rings is 1. The average Bonchev–Trinajstić information content (AvgIpc) is 2.70. The molecule has 0 saturated carbocycles. The Morgan fingerprint density at radius 3 is 2.41 bits per heavy atom. The molecule has 0 aliphatic carbocycles. The van der Waals surface area contributed by atoms with Gasteiger partial charge in [0.05, 0.1) is 0 Å². The number of rotatable bonds is 4. The summed E-state index contributed by atoms with van der Waals surface area (Å²) in [5.74, 6) is 1.75. The van der Waals surface area contributed by atoms with Crippen molar-refractivity contribution in [2.24, 2.45) is 4.99 Å². The highest BCUT2D eigenvalue weighted by Crippen LogP contribution is 2.29. The van der Waals surface area contributed by atoms with Gasteiger partial charge in [-0.2, -0.15) is 0 Å². The Morgan fingerprint density at radius 1 is 1.11 bits per heavy atom. The van der Waals surface area contributed by atoms with Crippen molar-refractivity contribution in [3.05, 3.63) is 52.8 Å². The maximum absolute atomic E-state index is 4.50. The summed E-state index contributed by atoms with van der Waals surface area (Å²) in [7, 11) is 1.85. The summed E-state index contributed by atoms with van der Waals surface area (Å²) in [5, 5.41) is 3.57. The van der Waals surface area contributed by atoms with Gasteiger partial charge >= 0.3 is 0 Å². The Kier molecular flexibility index (Phi) is 6.31. The minimum atomic E-state index is -0.0181. The fourth-order valence-corrected chi connectivity index (χ4v) is 4.13. The van der Waals surface area contributed by atoms with Crippen molar-refractivity contribution < 1.29 is 0 Å². The Morgan fingerprint density at radius 2 is 1.78 bits per heavy atom. The normalized spacial score (nSPS) is 15.8. The van der Waals surface area contributed by atoms with Gasteiger partial charge in [-0.25, -0.2) is 9.97 Å². The van der Waals surface area contributed by atoms with Crippen LogP contribution >= 0.6 is 15.9 Å². The molecule has 1 aromatic carbocycles. The highest BCUT2D eigenvalue weighted by Gasteiger charge is 2.26. The van der Waals surface area contributed by atoms with E-state index in [-0.39, 0.29) is 5.41 Å². The van der Waals surface area contributed by atoms with E-state index in [1.165, 1.54) is 5.56 Å². The second-order valence-corrected chi connectivity index (χ2v) is 8.14. The second kappa shape index (κ2) is 8.69. The van der Waals surface area contributed by atoms with E-state index in [2.05, 4.69) is 78.1 Å². The number of guanidine groups is 1. The lowest BCUT2D eigenvalue weighted by Gasteiger charge is -2.37. The Labute approximate surface area is 169 Å². The molecule has 0 amide bonds. The topological polar surface area (TPSA) is 56.7 Å². The van der Waals surface area contributed by atoms with Gasteiger partial charge in [0.1, 0.15) is 0 Å². The van der Waals surface area contributed by atoms with E-state index in [4.69, 9.17) is 0 Å². The number of nitrogens with zero attached hydrogens (tertiary/aromatic N) is 5. The van der Waals surface area contributed by atoms with Crippen LogP contribution in [0.25, 0.3) is 0 Å². The number of aliphatic imine (C=N–C) groups is 1. The molecule has 2 heterocycles. The van der Waals surface area contributed by atoms with Gasteiger partial charge in [0.25, 0.3) is 0 Å². The third-order valence-corrected chi connectivity index (χ3v) is 5.61. The van der Waals surface area contributed by atoms with Crippen molar-refractivity contribution in [2.45, 2.75) is 19.3 Å². The summed E-state index contributed by atoms with van der Waals surface area (Å²) in [5.41, 5.74) is 1.27. The van der Waals surface area contributed by atoms with Crippen LogP contribution in [-0.4, -0.2) is 60.6 Å². The Balaban J connectivity index is 1.58. The minimum absolute atomic E-state index is 0.0181. The van der Waals surface area contributed by atoms with E-state index < -0.39 is 0 Å². The summed E-state index contributed by atoms with van der Waals surface area (Å²) in [4.78, 5) is 17.7. The Bertz CT molecular complexity index is 769. The van der Waals surface area contributed by atoms with Crippen LogP contribution in [0.5, 0.6) is 0 Å². The molecule has 0 atom stereocenters. The molecule has 3 rings (SSSR count). The molecule has 2 aromatic rings. The molecule has 1 aliphatic rings. The maximum atomic E-state index is 4.50. The van der Waals surface area contributed by atoms with Crippen molar-refractivity contribution in [3.8, 4) is 0 Å². The predicted molar refractivity (Wildman–Crippen MR) is 114 cm³/mol. The summed E-state index contributed by atoms with van der Waals surface area (Å²) in [6.45, 7) is 8.87. The minimum Gasteiger partial charge on any atom is -0.355 e. The molecule has 7 heteroatoms. The lowest BCUT2D eigenvalue weighted by molar-refractivity contribution is 0.364. The molecule has 1 aromatic heterocycles. The van der Waals surface area contributed by atoms with E-state index in [0.717, 1.165) is 49.1 Å². The van der Waals surface area contributed by atoms with Crippen molar-refractivity contribution in [3.63, 3.8) is 0 Å². The molecule has 1 saturated heterocycles. The first-order valence-corrected chi connectivity index (χ1v) is 10.0. The molecular formula is C20H27BrN6. The van der Waals surface area contributed by atoms with Crippen LogP contribution in [0.2, 0.25) is 0 Å². The van der Waals surface area contributed by atoms with Crippen molar-refractivity contribution >= 4 is 27.8 Å². The van der Waals surface area contributed by atoms with Gasteiger partial charge < -0.3 is 15.1 Å². The molecule has 27 heavy (non-hydrogen) atoms. The van der Waals surface area contributed by atoms with Crippen molar-refractivity contribution in [1.82, 2.24) is 20.2 Å². The van der Waals surface area contributed by atoms with Crippen LogP contribution in [0.15, 0.2) is 52.2 Å². The van der Waals surface area contributed by atoms with Crippen molar-refractivity contribution in [1.29, 1.82) is 0 Å². The summed E-state index contributed by atoms with van der Waals surface area (Å²) < 4.78 is 1.14. The van der Waals surface area contributed by atoms with Gasteiger partial charge in [0.2, 0.25) is 5.95 Å². The van der Waals surface area contributed by atoms with E-state index >= 15 is 0 Å². The van der Waals surface area contributed by atoms with Crippen LogP contribution in [0.4, 0.5) is 5.95 Å². The van der Waals surface area contributed by atoms with Gasteiger partial charge in [0.15, 0.2) is 5.96 Å². The molecule has 1 aliphatic heterocycles. The average molecular weight is 431 g/mol. The highest BCUT2D eigenvalue weighted by atomic mass is 79.9. The maximum Gasteiger partial charge on any atom is 0.225 e. The van der Waals surface area contributed by atoms with Gasteiger partial charge in [-0.15, -0.1) is 0 Å². The predicted octanol–water partition coefficient (Wildman–Crippen LogP) is 2.91. The third kappa shape index (κ3) is 4.77. The second-order valence-electron chi connectivity index (χ2n) is 7.29. The van der Waals surface area contributed by atoms with Crippen molar-refractivity contribution in [2.75, 3.05) is 44.7 Å². The molecule has 6 nitrogen and oxygen atoms in total. The number of hydrogen-bond donors (Lipinski definition) is 1. The van der Waals surface area contributed by atoms with Crippen LogP contribution in [0.3, 0.4) is 0 Å². The van der Waals surface area contributed by atoms with E-state index in [0.29, 0.717) is 0 Å².